The van der Waals surface area contributed by atoms with Crippen LogP contribution < -0.4 is 0 Å². The Bertz CT molecular complexity index is 3900. The van der Waals surface area contributed by atoms with Crippen LogP contribution in [0.15, 0.2) is 174 Å². The minimum Gasteiger partial charge on any atom is -0.507 e. The third-order valence-electron chi connectivity index (χ3n) is 14.8. The molecule has 0 aliphatic carbocycles. The van der Waals surface area contributed by atoms with E-state index in [0.717, 1.165) is 99.6 Å². The summed E-state index contributed by atoms with van der Waals surface area (Å²) < 4.78 is 9.10. The van der Waals surface area contributed by atoms with E-state index in [1.165, 1.54) is 11.1 Å². The summed E-state index contributed by atoms with van der Waals surface area (Å²) in [4.78, 5) is 10.8. The molecule has 73 heavy (non-hydrogen) atoms. The number of aromatic hydroxyl groups is 1. The van der Waals surface area contributed by atoms with Crippen LogP contribution in [0.5, 0.6) is 5.75 Å². The molecule has 0 saturated heterocycles. The molecule has 0 saturated carbocycles. The number of furan rings is 1. The Morgan fingerprint density at radius 3 is 1.85 bits per heavy atom. The molecule has 0 radical (unpaired) electrons. The maximum Gasteiger partial charge on any atom is 0.148 e. The Morgan fingerprint density at radius 2 is 1.16 bits per heavy atom. The first-order valence-electron chi connectivity index (χ1n) is 25.2. The molecule has 11 rings (SSSR count). The van der Waals surface area contributed by atoms with Crippen molar-refractivity contribution in [1.82, 2.24) is 14.5 Å². The van der Waals surface area contributed by atoms with Gasteiger partial charge in [-0.3, -0.25) is 9.55 Å². The van der Waals surface area contributed by atoms with Gasteiger partial charge in [-0.25, -0.2) is 4.98 Å². The molecular weight excluding hydrogens is 1070 g/mol. The van der Waals surface area contributed by atoms with Crippen LogP contribution in [0.4, 0.5) is 0 Å². The zero-order chi connectivity index (χ0) is 50.5. The smallest absolute Gasteiger partial charge is 0.148 e. The van der Waals surface area contributed by atoms with Crippen LogP contribution in [0.2, 0.25) is 0 Å². The molecule has 8 aromatic carbocycles. The van der Waals surface area contributed by atoms with Crippen molar-refractivity contribution in [3.63, 3.8) is 0 Å². The van der Waals surface area contributed by atoms with Gasteiger partial charge in [0, 0.05) is 60.3 Å². The maximum atomic E-state index is 12.7. The Kier molecular flexibility index (Phi) is 12.3. The van der Waals surface area contributed by atoms with Gasteiger partial charge >= 0.3 is 0 Å². The summed E-state index contributed by atoms with van der Waals surface area (Å²) in [6.45, 7) is 24.5. The quantitative estimate of drug-likeness (QED) is 0.162. The van der Waals surface area contributed by atoms with Gasteiger partial charge in [0.05, 0.1) is 22.3 Å². The van der Waals surface area contributed by atoms with Gasteiger partial charge < -0.3 is 9.52 Å². The molecule has 0 amide bonds. The number of para-hydroxylation sites is 1. The van der Waals surface area contributed by atoms with Crippen molar-refractivity contribution in [2.45, 2.75) is 97.8 Å². The van der Waals surface area contributed by atoms with Crippen molar-refractivity contribution < 1.29 is 30.6 Å². The van der Waals surface area contributed by atoms with Gasteiger partial charge in [0.2, 0.25) is 0 Å². The van der Waals surface area contributed by atoms with E-state index in [0.29, 0.717) is 11.4 Å². The largest absolute Gasteiger partial charge is 0.507 e. The molecule has 11 aromatic rings. The average Bonchev–Trinajstić information content (AvgIpc) is 3.93. The van der Waals surface area contributed by atoms with Crippen LogP contribution in [0, 0.1) is 6.07 Å². The van der Waals surface area contributed by atoms with Crippen LogP contribution in [-0.4, -0.2) is 19.6 Å². The van der Waals surface area contributed by atoms with Gasteiger partial charge in [-0.1, -0.05) is 196 Å². The van der Waals surface area contributed by atoms with E-state index < -0.39 is 5.41 Å². The van der Waals surface area contributed by atoms with E-state index in [-0.39, 0.29) is 43.1 Å². The molecule has 3 aromatic heterocycles. The zero-order valence-corrected chi connectivity index (χ0v) is 46.0. The van der Waals surface area contributed by atoms with Crippen molar-refractivity contribution >= 4 is 43.7 Å². The number of imidazole rings is 1. The molecular formula is C67H62N3O2Pt-. The molecule has 6 heteroatoms. The molecule has 0 unspecified atom stereocenters. The third-order valence-corrected chi connectivity index (χ3v) is 14.8. The van der Waals surface area contributed by atoms with E-state index in [9.17, 15) is 5.11 Å². The topological polar surface area (TPSA) is 64.1 Å². The number of fused-ring (bicyclic) bond motifs is 5. The van der Waals surface area contributed by atoms with Crippen LogP contribution >= 0.6 is 0 Å². The number of rotatable bonds is 7. The second kappa shape index (κ2) is 18.1. The summed E-state index contributed by atoms with van der Waals surface area (Å²) in [7, 11) is 0. The first-order valence-corrected chi connectivity index (χ1v) is 25.2. The van der Waals surface area contributed by atoms with Gasteiger partial charge in [0.15, 0.2) is 0 Å². The molecule has 0 fully saturated rings. The standard InChI is InChI=1S/C67H62N3O2.Pt/c1-64(2,3)47-29-30-56(52(38-47)41-21-14-12-15-22-41)70-57-28-20-27-50(60(57)69-63(70)54-39-48(65(4,5)6)40-55(61(54)71)66(7,8)9)44-33-45(35-49(34-44)67(10,11)46-25-16-13-17-26-46)59-62-51(31-32-68-59)53-36-42-23-18-19-24-43(42)37-58(53)72-62;/h12-32,34-40,71H,1-11H3;/q-1;. The van der Waals surface area contributed by atoms with Crippen molar-refractivity contribution in [2.75, 3.05) is 0 Å². The van der Waals surface area contributed by atoms with E-state index in [2.05, 4.69) is 251 Å². The average molecular weight is 1140 g/mol. The summed E-state index contributed by atoms with van der Waals surface area (Å²) in [5, 5.41) is 17.0. The van der Waals surface area contributed by atoms with E-state index in [1.54, 1.807) is 0 Å². The first-order chi connectivity index (χ1) is 34.3. The van der Waals surface area contributed by atoms with Crippen molar-refractivity contribution in [2.24, 2.45) is 0 Å². The summed E-state index contributed by atoms with van der Waals surface area (Å²) >= 11 is 0. The van der Waals surface area contributed by atoms with Crippen molar-refractivity contribution in [3.8, 4) is 56.3 Å². The number of pyridine rings is 1. The summed E-state index contributed by atoms with van der Waals surface area (Å²) in [5.41, 5.74) is 14.9. The molecule has 0 aliphatic rings. The van der Waals surface area contributed by atoms with Gasteiger partial charge in [-0.2, -0.15) is 0 Å². The molecule has 0 atom stereocenters. The van der Waals surface area contributed by atoms with Gasteiger partial charge in [0.25, 0.3) is 0 Å². The van der Waals surface area contributed by atoms with E-state index in [1.807, 2.05) is 6.20 Å². The maximum absolute atomic E-state index is 12.7. The Hall–Kier alpha value is -7.07. The van der Waals surface area contributed by atoms with Gasteiger partial charge in [-0.05, 0) is 91.7 Å². The van der Waals surface area contributed by atoms with Crippen molar-refractivity contribution in [1.29, 1.82) is 0 Å². The van der Waals surface area contributed by atoms with Gasteiger partial charge in [0.1, 0.15) is 22.7 Å². The number of phenolic OH excluding ortho intramolecular Hbond substituents is 1. The summed E-state index contributed by atoms with van der Waals surface area (Å²) in [6.07, 6.45) is 1.89. The first kappa shape index (κ1) is 49.5. The normalized spacial score (nSPS) is 12.5. The fraction of sp³-hybridized carbons (Fsp3) is 0.224. The fourth-order valence-electron chi connectivity index (χ4n) is 10.4. The number of hydrogen-bond donors (Lipinski definition) is 1. The van der Waals surface area contributed by atoms with Crippen LogP contribution in [-0.2, 0) is 42.7 Å². The Labute approximate surface area is 444 Å². The number of hydrogen-bond acceptors (Lipinski definition) is 4. The molecule has 1 N–H and O–H groups in total. The molecule has 368 valence electrons. The number of aromatic nitrogens is 3. The fourth-order valence-corrected chi connectivity index (χ4v) is 10.4. The third kappa shape index (κ3) is 8.80. The zero-order valence-electron chi connectivity index (χ0n) is 43.7. The van der Waals surface area contributed by atoms with E-state index in [4.69, 9.17) is 14.4 Å². The Balaban J connectivity index is 0.00000611. The number of nitrogens with zero attached hydrogens (tertiary/aromatic N) is 3. The second-order valence-corrected chi connectivity index (χ2v) is 23.2. The monoisotopic (exact) mass is 1140 g/mol. The minimum absolute atomic E-state index is 0. The van der Waals surface area contributed by atoms with Crippen LogP contribution in [0.1, 0.15) is 104 Å². The predicted molar refractivity (Wildman–Crippen MR) is 301 cm³/mol. The molecule has 0 aliphatic heterocycles. The molecule has 5 nitrogen and oxygen atoms in total. The predicted octanol–water partition coefficient (Wildman–Crippen LogP) is 17.9. The molecule has 0 bridgehead atoms. The summed E-state index contributed by atoms with van der Waals surface area (Å²) in [6, 6.07) is 62.2. The molecule has 0 spiro atoms. The van der Waals surface area contributed by atoms with E-state index >= 15 is 0 Å². The number of phenols is 1. The van der Waals surface area contributed by atoms with Gasteiger partial charge in [-0.15, -0.1) is 29.3 Å². The van der Waals surface area contributed by atoms with Crippen LogP contribution in [0.3, 0.4) is 0 Å². The minimum atomic E-state index is -0.417. The van der Waals surface area contributed by atoms with Crippen molar-refractivity contribution in [3.05, 3.63) is 204 Å². The van der Waals surface area contributed by atoms with Crippen LogP contribution in [0.25, 0.3) is 94.3 Å². The SMILES string of the molecule is CC(C)(C)c1ccc(-n2c(-c3cc(C(C)(C)C)cc(C(C)(C)C)c3O)nc3c(-c4[c-]c(-c5nccc6c5oc5cc7ccccc7cc56)cc(C(C)(C)c5ccccc5)c4)cccc32)c(-c2ccccc2)c1.[Pt]. The summed E-state index contributed by atoms with van der Waals surface area (Å²) in [5.74, 6) is 0.897. The Morgan fingerprint density at radius 1 is 0.521 bits per heavy atom. The number of benzene rings is 8. The second-order valence-electron chi connectivity index (χ2n) is 23.2. The molecule has 3 heterocycles.